The van der Waals surface area contributed by atoms with Crippen LogP contribution in [0.1, 0.15) is 36.0 Å². The van der Waals surface area contributed by atoms with Gasteiger partial charge in [-0.05, 0) is 25.0 Å². The van der Waals surface area contributed by atoms with Gasteiger partial charge in [-0.2, -0.15) is 0 Å². The first-order valence-electron chi connectivity index (χ1n) is 6.45. The number of rotatable bonds is 3. The Morgan fingerprint density at radius 3 is 2.83 bits per heavy atom. The van der Waals surface area contributed by atoms with Crippen molar-refractivity contribution in [3.05, 3.63) is 23.9 Å². The minimum Gasteiger partial charge on any atom is -0.366 e. The lowest BCUT2D eigenvalue weighted by Gasteiger charge is -2.30. The number of hydrogen-bond acceptors (Lipinski definition) is 4. The first-order chi connectivity index (χ1) is 8.72. The second-order valence-corrected chi connectivity index (χ2v) is 4.70. The Bertz CT molecular complexity index is 404. The molecule has 1 fully saturated rings. The van der Waals surface area contributed by atoms with Crippen LogP contribution >= 0.6 is 0 Å². The third-order valence-corrected chi connectivity index (χ3v) is 3.48. The van der Waals surface area contributed by atoms with Crippen molar-refractivity contribution < 1.29 is 4.79 Å². The van der Waals surface area contributed by atoms with Crippen molar-refractivity contribution in [3.8, 4) is 0 Å². The van der Waals surface area contributed by atoms with E-state index in [2.05, 4.69) is 9.88 Å². The molecule has 1 saturated heterocycles. The third kappa shape index (κ3) is 2.79. The topological polar surface area (TPSA) is 85.2 Å². The smallest absolute Gasteiger partial charge is 0.250 e. The number of carbonyl (C=O) groups excluding carboxylic acids is 1. The van der Waals surface area contributed by atoms with Gasteiger partial charge in [0.2, 0.25) is 5.91 Å². The van der Waals surface area contributed by atoms with Crippen molar-refractivity contribution in [3.63, 3.8) is 0 Å². The highest BCUT2D eigenvalue weighted by Crippen LogP contribution is 2.22. The second-order valence-electron chi connectivity index (χ2n) is 4.70. The van der Waals surface area contributed by atoms with Crippen LogP contribution in [0, 0.1) is 0 Å². The van der Waals surface area contributed by atoms with Crippen LogP contribution in [0.25, 0.3) is 0 Å². The summed E-state index contributed by atoms with van der Waals surface area (Å²) < 4.78 is 0. The lowest BCUT2D eigenvalue weighted by Crippen LogP contribution is -2.40. The predicted molar refractivity (Wildman–Crippen MR) is 71.4 cm³/mol. The predicted octanol–water partition coefficient (Wildman–Crippen LogP) is 0.888. The zero-order chi connectivity index (χ0) is 13.0. The molecule has 5 heteroatoms. The Morgan fingerprint density at radius 1 is 1.39 bits per heavy atom. The van der Waals surface area contributed by atoms with Crippen LogP contribution in [-0.4, -0.2) is 30.0 Å². The highest BCUT2D eigenvalue weighted by Gasteiger charge is 2.20. The summed E-state index contributed by atoms with van der Waals surface area (Å²) in [6, 6.07) is 3.93. The first kappa shape index (κ1) is 12.8. The quantitative estimate of drug-likeness (QED) is 0.831. The average molecular weight is 248 g/mol. The Balaban J connectivity index is 2.19. The summed E-state index contributed by atoms with van der Waals surface area (Å²) in [5, 5.41) is 0. The van der Waals surface area contributed by atoms with E-state index in [-0.39, 0.29) is 0 Å². The minimum atomic E-state index is -0.444. The summed E-state index contributed by atoms with van der Waals surface area (Å²) in [6.45, 7) is 1.62. The molecule has 5 nitrogen and oxygen atoms in total. The monoisotopic (exact) mass is 248 g/mol. The number of anilines is 1. The number of primary amides is 1. The van der Waals surface area contributed by atoms with Gasteiger partial charge in [-0.15, -0.1) is 0 Å². The van der Waals surface area contributed by atoms with E-state index in [0.29, 0.717) is 18.2 Å². The summed E-state index contributed by atoms with van der Waals surface area (Å²) in [6.07, 6.45) is 6.27. The molecule has 2 rings (SSSR count). The molecule has 1 aromatic heterocycles. The van der Waals surface area contributed by atoms with Crippen LogP contribution < -0.4 is 16.4 Å². The highest BCUT2D eigenvalue weighted by molar-refractivity contribution is 5.92. The fourth-order valence-corrected chi connectivity index (χ4v) is 2.43. The van der Waals surface area contributed by atoms with Gasteiger partial charge in [0.05, 0.1) is 5.56 Å². The molecule has 0 aliphatic carbocycles. The van der Waals surface area contributed by atoms with Crippen LogP contribution in [0.5, 0.6) is 0 Å². The van der Waals surface area contributed by atoms with Crippen molar-refractivity contribution >= 4 is 11.7 Å². The summed E-state index contributed by atoms with van der Waals surface area (Å²) in [5.74, 6) is 0.442. The Hall–Kier alpha value is -1.62. The molecule has 0 radical (unpaired) electrons. The van der Waals surface area contributed by atoms with Gasteiger partial charge in [0, 0.05) is 25.3 Å². The number of hydrogen-bond donors (Lipinski definition) is 2. The standard InChI is InChI=1S/C13H20N4O/c14-8-11-4-2-1-3-7-17(11)12-6-5-10(9-16-12)13(15)18/h5-6,9,11H,1-4,7-8,14H2,(H2,15,18). The number of pyridine rings is 1. The molecule has 98 valence electrons. The molecule has 2 heterocycles. The van der Waals surface area contributed by atoms with Crippen molar-refractivity contribution in [2.24, 2.45) is 11.5 Å². The summed E-state index contributed by atoms with van der Waals surface area (Å²) in [5.41, 5.74) is 11.5. The lowest BCUT2D eigenvalue weighted by atomic mass is 10.1. The highest BCUT2D eigenvalue weighted by atomic mass is 16.1. The van der Waals surface area contributed by atoms with Gasteiger partial charge >= 0.3 is 0 Å². The van der Waals surface area contributed by atoms with Crippen molar-refractivity contribution in [2.75, 3.05) is 18.0 Å². The van der Waals surface area contributed by atoms with Gasteiger partial charge in [0.25, 0.3) is 0 Å². The maximum Gasteiger partial charge on any atom is 0.250 e. The summed E-state index contributed by atoms with van der Waals surface area (Å²) >= 11 is 0. The molecule has 0 aromatic carbocycles. The van der Waals surface area contributed by atoms with E-state index in [1.54, 1.807) is 6.07 Å². The van der Waals surface area contributed by atoms with Crippen molar-refractivity contribution in [1.29, 1.82) is 0 Å². The molecular weight excluding hydrogens is 228 g/mol. The Labute approximate surface area is 107 Å². The molecule has 1 aliphatic heterocycles. The van der Waals surface area contributed by atoms with Gasteiger partial charge in [0.15, 0.2) is 0 Å². The average Bonchev–Trinajstić information content (AvgIpc) is 2.63. The van der Waals surface area contributed by atoms with Gasteiger partial charge < -0.3 is 16.4 Å². The van der Waals surface area contributed by atoms with Crippen LogP contribution in [0.15, 0.2) is 18.3 Å². The molecular formula is C13H20N4O. The van der Waals surface area contributed by atoms with E-state index in [1.807, 2.05) is 6.07 Å². The molecule has 0 saturated carbocycles. The Kier molecular flexibility index (Phi) is 4.15. The molecule has 4 N–H and O–H groups in total. The molecule has 18 heavy (non-hydrogen) atoms. The van der Waals surface area contributed by atoms with E-state index in [1.165, 1.54) is 19.0 Å². The fourth-order valence-electron chi connectivity index (χ4n) is 2.43. The van der Waals surface area contributed by atoms with Crippen molar-refractivity contribution in [1.82, 2.24) is 4.98 Å². The van der Waals surface area contributed by atoms with Crippen LogP contribution in [-0.2, 0) is 0 Å². The Morgan fingerprint density at radius 2 is 2.22 bits per heavy atom. The van der Waals surface area contributed by atoms with Gasteiger partial charge in [-0.25, -0.2) is 4.98 Å². The lowest BCUT2D eigenvalue weighted by molar-refractivity contribution is 0.1000. The van der Waals surface area contributed by atoms with Crippen LogP contribution in [0.2, 0.25) is 0 Å². The van der Waals surface area contributed by atoms with E-state index in [4.69, 9.17) is 11.5 Å². The molecule has 1 aromatic rings. The zero-order valence-electron chi connectivity index (χ0n) is 10.5. The number of carbonyl (C=O) groups is 1. The van der Waals surface area contributed by atoms with Crippen LogP contribution in [0.3, 0.4) is 0 Å². The van der Waals surface area contributed by atoms with Gasteiger partial charge in [0.1, 0.15) is 5.82 Å². The minimum absolute atomic E-state index is 0.347. The molecule has 0 spiro atoms. The number of aromatic nitrogens is 1. The molecule has 1 atom stereocenters. The number of nitrogens with two attached hydrogens (primary N) is 2. The third-order valence-electron chi connectivity index (χ3n) is 3.48. The molecule has 1 amide bonds. The number of amides is 1. The van der Waals surface area contributed by atoms with Crippen molar-refractivity contribution in [2.45, 2.75) is 31.7 Å². The first-order valence-corrected chi connectivity index (χ1v) is 6.45. The maximum atomic E-state index is 11.0. The second kappa shape index (κ2) is 5.82. The summed E-state index contributed by atoms with van der Waals surface area (Å²) in [4.78, 5) is 17.6. The fraction of sp³-hybridized carbons (Fsp3) is 0.538. The zero-order valence-corrected chi connectivity index (χ0v) is 10.5. The molecule has 0 bridgehead atoms. The normalized spacial score (nSPS) is 20.5. The van der Waals surface area contributed by atoms with Crippen LogP contribution in [0.4, 0.5) is 5.82 Å². The largest absolute Gasteiger partial charge is 0.366 e. The maximum absolute atomic E-state index is 11.0. The van der Waals surface area contributed by atoms with E-state index in [9.17, 15) is 4.79 Å². The SMILES string of the molecule is NCC1CCCCCN1c1ccc(C(N)=O)cn1. The van der Waals surface area contributed by atoms with E-state index >= 15 is 0 Å². The van der Waals surface area contributed by atoms with Gasteiger partial charge in [-0.3, -0.25) is 4.79 Å². The number of nitrogens with zero attached hydrogens (tertiary/aromatic N) is 2. The molecule has 1 unspecified atom stereocenters. The molecule has 1 aliphatic rings. The summed E-state index contributed by atoms with van der Waals surface area (Å²) in [7, 11) is 0. The van der Waals surface area contributed by atoms with E-state index < -0.39 is 5.91 Å². The van der Waals surface area contributed by atoms with Gasteiger partial charge in [-0.1, -0.05) is 12.8 Å². The van der Waals surface area contributed by atoms with E-state index in [0.717, 1.165) is 25.2 Å².